The fourth-order valence-corrected chi connectivity index (χ4v) is 2.69. The maximum Gasteiger partial charge on any atom is 0.374 e. The molecule has 28 heavy (non-hydrogen) atoms. The Bertz CT molecular complexity index is 968. The van der Waals surface area contributed by atoms with E-state index in [4.69, 9.17) is 9.15 Å². The Morgan fingerprint density at radius 1 is 1.04 bits per heavy atom. The van der Waals surface area contributed by atoms with Gasteiger partial charge >= 0.3 is 5.97 Å². The lowest BCUT2D eigenvalue weighted by atomic mass is 10.1. The van der Waals surface area contributed by atoms with Gasteiger partial charge in [0.25, 0.3) is 0 Å². The van der Waals surface area contributed by atoms with Crippen molar-refractivity contribution in [3.8, 4) is 0 Å². The van der Waals surface area contributed by atoms with Crippen molar-refractivity contribution < 1.29 is 23.5 Å². The molecule has 0 radical (unpaired) electrons. The Kier molecular flexibility index (Phi) is 5.89. The van der Waals surface area contributed by atoms with Crippen LogP contribution in [0.25, 0.3) is 11.0 Å². The van der Waals surface area contributed by atoms with E-state index in [1.54, 1.807) is 42.5 Å². The van der Waals surface area contributed by atoms with Gasteiger partial charge in [-0.25, -0.2) is 4.79 Å². The van der Waals surface area contributed by atoms with Crippen LogP contribution in [0.1, 0.15) is 41.2 Å². The Labute approximate surface area is 162 Å². The highest BCUT2D eigenvalue weighted by molar-refractivity contribution is 6.00. The van der Waals surface area contributed by atoms with Gasteiger partial charge in [0, 0.05) is 23.1 Å². The summed E-state index contributed by atoms with van der Waals surface area (Å²) in [5, 5.41) is 3.56. The number of furan rings is 1. The van der Waals surface area contributed by atoms with E-state index < -0.39 is 12.6 Å². The van der Waals surface area contributed by atoms with Crippen LogP contribution >= 0.6 is 0 Å². The third-order valence-corrected chi connectivity index (χ3v) is 4.05. The molecule has 0 saturated carbocycles. The Morgan fingerprint density at radius 3 is 2.43 bits per heavy atom. The monoisotopic (exact) mass is 379 g/mol. The minimum atomic E-state index is -0.692. The van der Waals surface area contributed by atoms with E-state index in [2.05, 4.69) is 5.32 Å². The number of anilines is 1. The van der Waals surface area contributed by atoms with Gasteiger partial charge in [-0.3, -0.25) is 9.59 Å². The number of Topliss-reactive ketones (excluding diaryl/α,β-unsaturated/α-hetero) is 1. The molecule has 3 aromatic rings. The second kappa shape index (κ2) is 8.52. The molecular formula is C22H21NO5. The van der Waals surface area contributed by atoms with E-state index in [0.717, 1.165) is 5.39 Å². The van der Waals surface area contributed by atoms with E-state index in [-0.39, 0.29) is 23.4 Å². The number of esters is 1. The zero-order chi connectivity index (χ0) is 20.1. The number of carbonyl (C=O) groups is 3. The van der Waals surface area contributed by atoms with E-state index in [9.17, 15) is 14.4 Å². The molecule has 0 saturated heterocycles. The molecule has 3 rings (SSSR count). The number of ketones is 1. The lowest BCUT2D eigenvalue weighted by molar-refractivity contribution is -0.116. The van der Waals surface area contributed by atoms with Crippen LogP contribution in [-0.2, 0) is 9.53 Å². The van der Waals surface area contributed by atoms with Crippen molar-refractivity contribution >= 4 is 34.3 Å². The van der Waals surface area contributed by atoms with Crippen LogP contribution in [0.4, 0.5) is 5.69 Å². The SMILES string of the molecule is CC(C)CC(=O)Nc1ccc(C(=O)COC(=O)c2cc3ccccc3o2)cc1. The summed E-state index contributed by atoms with van der Waals surface area (Å²) in [6, 6.07) is 15.3. The molecule has 0 aliphatic heterocycles. The van der Waals surface area contributed by atoms with Crippen molar-refractivity contribution in [1.82, 2.24) is 0 Å². The van der Waals surface area contributed by atoms with E-state index >= 15 is 0 Å². The van der Waals surface area contributed by atoms with Crippen LogP contribution in [0.15, 0.2) is 59.0 Å². The average molecular weight is 379 g/mol. The van der Waals surface area contributed by atoms with Gasteiger partial charge in [-0.2, -0.15) is 0 Å². The summed E-state index contributed by atoms with van der Waals surface area (Å²) in [5.41, 5.74) is 1.58. The molecular weight excluding hydrogens is 358 g/mol. The molecule has 1 heterocycles. The number of carbonyl (C=O) groups excluding carboxylic acids is 3. The summed E-state index contributed by atoms with van der Waals surface area (Å²) in [5.74, 6) is -0.792. The molecule has 144 valence electrons. The van der Waals surface area contributed by atoms with Gasteiger partial charge < -0.3 is 14.5 Å². The van der Waals surface area contributed by atoms with Crippen molar-refractivity contribution in [2.75, 3.05) is 11.9 Å². The van der Waals surface area contributed by atoms with Gasteiger partial charge in [-0.1, -0.05) is 32.0 Å². The van der Waals surface area contributed by atoms with Crippen molar-refractivity contribution in [2.24, 2.45) is 5.92 Å². The number of ether oxygens (including phenoxy) is 1. The molecule has 1 aromatic heterocycles. The molecule has 0 spiro atoms. The number of para-hydroxylation sites is 1. The van der Waals surface area contributed by atoms with Gasteiger partial charge in [0.15, 0.2) is 12.4 Å². The summed E-state index contributed by atoms with van der Waals surface area (Å²) in [6.45, 7) is 3.54. The lowest BCUT2D eigenvalue weighted by Crippen LogP contribution is -2.15. The van der Waals surface area contributed by atoms with Crippen molar-refractivity contribution in [3.63, 3.8) is 0 Å². The molecule has 0 atom stereocenters. The number of hydrogen-bond donors (Lipinski definition) is 1. The molecule has 6 nitrogen and oxygen atoms in total. The van der Waals surface area contributed by atoms with Crippen LogP contribution in [0.5, 0.6) is 0 Å². The van der Waals surface area contributed by atoms with Gasteiger partial charge in [0.05, 0.1) is 0 Å². The molecule has 0 aliphatic carbocycles. The van der Waals surface area contributed by atoms with Gasteiger partial charge in [0.1, 0.15) is 5.58 Å². The minimum absolute atomic E-state index is 0.0530. The van der Waals surface area contributed by atoms with Crippen molar-refractivity contribution in [1.29, 1.82) is 0 Å². The summed E-state index contributed by atoms with van der Waals surface area (Å²) >= 11 is 0. The fourth-order valence-electron chi connectivity index (χ4n) is 2.69. The average Bonchev–Trinajstić information content (AvgIpc) is 3.10. The topological polar surface area (TPSA) is 85.6 Å². The lowest BCUT2D eigenvalue weighted by Gasteiger charge is -2.08. The number of rotatable bonds is 7. The quantitative estimate of drug-likeness (QED) is 0.484. The first-order valence-electron chi connectivity index (χ1n) is 9.01. The first kappa shape index (κ1) is 19.4. The van der Waals surface area contributed by atoms with Gasteiger partial charge in [-0.05, 0) is 42.3 Å². The number of hydrogen-bond acceptors (Lipinski definition) is 5. The van der Waals surface area contributed by atoms with E-state index in [0.29, 0.717) is 23.3 Å². The molecule has 1 N–H and O–H groups in total. The highest BCUT2D eigenvalue weighted by atomic mass is 16.5. The largest absolute Gasteiger partial charge is 0.451 e. The van der Waals surface area contributed by atoms with Crippen LogP contribution < -0.4 is 5.32 Å². The summed E-state index contributed by atoms with van der Waals surface area (Å²) in [6.07, 6.45) is 0.429. The normalized spacial score (nSPS) is 10.8. The molecule has 0 fully saturated rings. The predicted molar refractivity (Wildman–Crippen MR) is 105 cm³/mol. The Morgan fingerprint density at radius 2 is 1.75 bits per heavy atom. The van der Waals surface area contributed by atoms with Crippen molar-refractivity contribution in [3.05, 3.63) is 65.9 Å². The van der Waals surface area contributed by atoms with E-state index in [1.807, 2.05) is 26.0 Å². The number of benzene rings is 2. The Hall–Kier alpha value is -3.41. The zero-order valence-electron chi connectivity index (χ0n) is 15.7. The molecule has 1 amide bonds. The number of fused-ring (bicyclic) bond motifs is 1. The van der Waals surface area contributed by atoms with E-state index in [1.165, 1.54) is 0 Å². The summed E-state index contributed by atoms with van der Waals surface area (Å²) < 4.78 is 10.5. The highest BCUT2D eigenvalue weighted by Crippen LogP contribution is 2.19. The smallest absolute Gasteiger partial charge is 0.374 e. The van der Waals surface area contributed by atoms with Gasteiger partial charge in [-0.15, -0.1) is 0 Å². The van der Waals surface area contributed by atoms with Crippen LogP contribution in [0, 0.1) is 5.92 Å². The molecule has 2 aromatic carbocycles. The van der Waals surface area contributed by atoms with Gasteiger partial charge in [0.2, 0.25) is 11.7 Å². The summed E-state index contributed by atoms with van der Waals surface area (Å²) in [7, 11) is 0. The fraction of sp³-hybridized carbons (Fsp3) is 0.227. The predicted octanol–water partition coefficient (Wildman–Crippen LogP) is 4.46. The Balaban J connectivity index is 1.55. The third kappa shape index (κ3) is 4.85. The maximum absolute atomic E-state index is 12.2. The maximum atomic E-state index is 12.2. The molecule has 6 heteroatoms. The third-order valence-electron chi connectivity index (χ3n) is 4.05. The van der Waals surface area contributed by atoms with Crippen LogP contribution in [0.3, 0.4) is 0 Å². The molecule has 0 aliphatic rings. The van der Waals surface area contributed by atoms with Crippen LogP contribution in [-0.4, -0.2) is 24.3 Å². The number of nitrogens with one attached hydrogen (secondary N) is 1. The molecule has 0 bridgehead atoms. The molecule has 0 unspecified atom stereocenters. The minimum Gasteiger partial charge on any atom is -0.451 e. The second-order valence-corrected chi connectivity index (χ2v) is 6.87. The highest BCUT2D eigenvalue weighted by Gasteiger charge is 2.16. The first-order valence-corrected chi connectivity index (χ1v) is 9.01. The summed E-state index contributed by atoms with van der Waals surface area (Å²) in [4.78, 5) is 36.1. The first-order chi connectivity index (χ1) is 13.4. The van der Waals surface area contributed by atoms with Crippen LogP contribution in [0.2, 0.25) is 0 Å². The second-order valence-electron chi connectivity index (χ2n) is 6.87. The number of amides is 1. The van der Waals surface area contributed by atoms with Crippen molar-refractivity contribution in [2.45, 2.75) is 20.3 Å². The zero-order valence-corrected chi connectivity index (χ0v) is 15.7. The standard InChI is InChI=1S/C22H21NO5/c1-14(2)11-21(25)23-17-9-7-15(8-10-17)18(24)13-27-22(26)20-12-16-5-3-4-6-19(16)28-20/h3-10,12,14H,11,13H2,1-2H3,(H,23,25).